The second-order valence-electron chi connectivity index (χ2n) is 3.33. The molecule has 7 nitrogen and oxygen atoms in total. The molecular weight excluding hydrogens is 212 g/mol. The summed E-state index contributed by atoms with van der Waals surface area (Å²) in [5.41, 5.74) is 3.75. The Kier molecular flexibility index (Phi) is 4.02. The van der Waals surface area contributed by atoms with E-state index in [4.69, 9.17) is 0 Å². The highest BCUT2D eigenvalue weighted by atomic mass is 32.2. The van der Waals surface area contributed by atoms with Gasteiger partial charge in [-0.2, -0.15) is 4.31 Å². The highest BCUT2D eigenvalue weighted by molar-refractivity contribution is 7.77. The number of carbonyl (C=O) groups excluding carboxylic acids is 2. The van der Waals surface area contributed by atoms with E-state index in [0.29, 0.717) is 0 Å². The Balaban J connectivity index is 4.63. The van der Waals surface area contributed by atoms with E-state index in [-0.39, 0.29) is 4.31 Å². The number of urea groups is 1. The average molecular weight is 223 g/mol. The number of carbonyl (C=O) groups is 2. The monoisotopic (exact) mass is 223 g/mol. The van der Waals surface area contributed by atoms with Crippen LogP contribution < -0.4 is 5.73 Å². The minimum atomic E-state index is -3.06. The van der Waals surface area contributed by atoms with Crippen LogP contribution >= 0.6 is 0 Å². The number of nitrogens with zero attached hydrogens (tertiary/aromatic N) is 1. The predicted octanol–water partition coefficient (Wildman–Crippen LogP) is 0.0963. The Bertz CT molecular complexity index is 258. The molecule has 0 fully saturated rings. The van der Waals surface area contributed by atoms with Gasteiger partial charge in [-0.1, -0.05) is 0 Å². The lowest BCUT2D eigenvalue weighted by atomic mass is 10.2. The second-order valence-corrected chi connectivity index (χ2v) is 4.13. The maximum atomic E-state index is 11.1. The van der Waals surface area contributed by atoms with Gasteiger partial charge in [0.2, 0.25) is 0 Å². The normalized spacial score (nSPS) is 13.1. The van der Waals surface area contributed by atoms with Crippen LogP contribution in [0.3, 0.4) is 0 Å². The molecule has 0 heterocycles. The Hall–Kier alpha value is -1.15. The lowest BCUT2D eigenvalue weighted by Gasteiger charge is -2.25. The summed E-state index contributed by atoms with van der Waals surface area (Å²) in [6.07, 6.45) is -1.32. The fourth-order valence-electron chi connectivity index (χ4n) is 0.528. The molecule has 1 atom stereocenters. The van der Waals surface area contributed by atoms with Crippen molar-refractivity contribution in [3.63, 3.8) is 0 Å². The zero-order chi connectivity index (χ0) is 11.5. The summed E-state index contributed by atoms with van der Waals surface area (Å²) in [5, 5.41) is 0. The quantitative estimate of drug-likeness (QED) is 0.633. The van der Waals surface area contributed by atoms with E-state index in [1.54, 1.807) is 0 Å². The van der Waals surface area contributed by atoms with E-state index in [0.717, 1.165) is 0 Å². The zero-order valence-electron chi connectivity index (χ0n) is 7.97. The Labute approximate surface area is 83.6 Å². The van der Waals surface area contributed by atoms with E-state index >= 15 is 0 Å². The molecule has 2 N–H and O–H groups in total. The minimum absolute atomic E-state index is 0.203. The summed E-state index contributed by atoms with van der Waals surface area (Å²) < 4.78 is 25.2. The van der Waals surface area contributed by atoms with Gasteiger partial charge in [0.25, 0.3) is 0 Å². The molecule has 0 aliphatic heterocycles. The van der Waals surface area contributed by atoms with Crippen molar-refractivity contribution >= 4 is 23.4 Å². The zero-order valence-corrected chi connectivity index (χ0v) is 8.79. The van der Waals surface area contributed by atoms with Crippen LogP contribution in [0.2, 0.25) is 0 Å². The molecule has 8 heteroatoms. The van der Waals surface area contributed by atoms with Gasteiger partial charge in [-0.05, 0) is 20.8 Å². The van der Waals surface area contributed by atoms with Gasteiger partial charge >= 0.3 is 12.1 Å². The van der Waals surface area contributed by atoms with Gasteiger partial charge in [0.05, 0.1) is 11.3 Å². The number of amides is 3. The van der Waals surface area contributed by atoms with Gasteiger partial charge < -0.3 is 15.0 Å². The number of imide groups is 1. The van der Waals surface area contributed by atoms with Crippen LogP contribution in [0.5, 0.6) is 0 Å². The van der Waals surface area contributed by atoms with Crippen LogP contribution in [-0.2, 0) is 16.0 Å². The Morgan fingerprint density at radius 2 is 1.86 bits per heavy atom. The largest absolute Gasteiger partial charge is 0.755 e. The molecule has 82 valence electrons. The summed E-state index contributed by atoms with van der Waals surface area (Å²) in [6.45, 7) is 4.58. The van der Waals surface area contributed by atoms with E-state index in [1.165, 1.54) is 20.8 Å². The standard InChI is InChI=1S/C6H12N2O5S/c1-6(2,3)13-5(10)8(4(7)9)14(11)12/h1-3H3,(H2,7,9)(H,11,12)/p-1. The summed E-state index contributed by atoms with van der Waals surface area (Å²) >= 11 is -3.06. The predicted molar refractivity (Wildman–Crippen MR) is 46.6 cm³/mol. The second kappa shape index (κ2) is 4.38. The summed E-state index contributed by atoms with van der Waals surface area (Å²) in [5.74, 6) is 0. The van der Waals surface area contributed by atoms with Crippen LogP contribution in [0.15, 0.2) is 0 Å². The van der Waals surface area contributed by atoms with Crippen LogP contribution in [0.1, 0.15) is 20.8 Å². The van der Waals surface area contributed by atoms with Gasteiger partial charge in [-0.15, -0.1) is 0 Å². The van der Waals surface area contributed by atoms with Crippen LogP contribution in [0.25, 0.3) is 0 Å². The molecule has 0 saturated carbocycles. The molecule has 1 unspecified atom stereocenters. The molecule has 0 saturated heterocycles. The molecule has 0 rings (SSSR count). The third-order valence-electron chi connectivity index (χ3n) is 0.909. The van der Waals surface area contributed by atoms with E-state index in [2.05, 4.69) is 10.5 Å². The van der Waals surface area contributed by atoms with Crippen molar-refractivity contribution in [2.45, 2.75) is 26.4 Å². The van der Waals surface area contributed by atoms with Crippen LogP contribution in [-0.4, -0.2) is 30.8 Å². The molecule has 3 amide bonds. The first-order chi connectivity index (χ1) is 6.15. The first kappa shape index (κ1) is 12.8. The van der Waals surface area contributed by atoms with Crippen LogP contribution in [0, 0.1) is 0 Å². The van der Waals surface area contributed by atoms with Crippen LogP contribution in [0.4, 0.5) is 9.59 Å². The first-order valence-corrected chi connectivity index (χ1v) is 4.60. The van der Waals surface area contributed by atoms with Crippen molar-refractivity contribution in [1.29, 1.82) is 0 Å². The van der Waals surface area contributed by atoms with Gasteiger partial charge in [0.15, 0.2) is 0 Å². The molecule has 0 aromatic carbocycles. The lowest BCUT2D eigenvalue weighted by Crippen LogP contribution is -2.44. The molecule has 0 aromatic heterocycles. The van der Waals surface area contributed by atoms with Crippen molar-refractivity contribution in [2.75, 3.05) is 0 Å². The number of hydrogen-bond donors (Lipinski definition) is 1. The fourth-order valence-corrected chi connectivity index (χ4v) is 0.834. The van der Waals surface area contributed by atoms with E-state index < -0.39 is 29.0 Å². The highest BCUT2D eigenvalue weighted by Crippen LogP contribution is 2.10. The number of rotatable bonds is 1. The molecule has 0 aliphatic rings. The molecule has 14 heavy (non-hydrogen) atoms. The maximum absolute atomic E-state index is 11.1. The van der Waals surface area contributed by atoms with Crippen molar-refractivity contribution < 1.29 is 23.1 Å². The van der Waals surface area contributed by atoms with Crippen molar-refractivity contribution in [1.82, 2.24) is 4.31 Å². The van der Waals surface area contributed by atoms with Gasteiger partial charge in [-0.3, -0.25) is 4.21 Å². The van der Waals surface area contributed by atoms with E-state index in [9.17, 15) is 18.4 Å². The first-order valence-electron chi connectivity index (χ1n) is 3.57. The van der Waals surface area contributed by atoms with Crippen molar-refractivity contribution in [3.8, 4) is 0 Å². The molecule has 0 aromatic rings. The number of hydrogen-bond acceptors (Lipinski definition) is 5. The molecule has 0 bridgehead atoms. The van der Waals surface area contributed by atoms with Gasteiger partial charge in [-0.25, -0.2) is 9.59 Å². The fraction of sp³-hybridized carbons (Fsp3) is 0.667. The molecule has 0 spiro atoms. The molecular formula is C6H11N2O5S-. The summed E-state index contributed by atoms with van der Waals surface area (Å²) in [6, 6.07) is -1.41. The average Bonchev–Trinajstić information content (AvgIpc) is 1.78. The minimum Gasteiger partial charge on any atom is -0.755 e. The Morgan fingerprint density at radius 1 is 1.43 bits per heavy atom. The van der Waals surface area contributed by atoms with Gasteiger partial charge in [0, 0.05) is 0 Å². The number of ether oxygens (including phenoxy) is 1. The third-order valence-corrected chi connectivity index (χ3v) is 1.54. The maximum Gasteiger partial charge on any atom is 0.430 e. The third kappa shape index (κ3) is 4.19. The van der Waals surface area contributed by atoms with E-state index in [1.807, 2.05) is 0 Å². The number of nitrogens with two attached hydrogens (primary N) is 1. The smallest absolute Gasteiger partial charge is 0.430 e. The van der Waals surface area contributed by atoms with Crippen molar-refractivity contribution in [2.24, 2.45) is 5.73 Å². The highest BCUT2D eigenvalue weighted by Gasteiger charge is 2.26. The Morgan fingerprint density at radius 3 is 2.07 bits per heavy atom. The summed E-state index contributed by atoms with van der Waals surface area (Å²) in [4.78, 5) is 21.6. The topological polar surface area (TPSA) is 113 Å². The van der Waals surface area contributed by atoms with Gasteiger partial charge in [0.1, 0.15) is 5.60 Å². The summed E-state index contributed by atoms with van der Waals surface area (Å²) in [7, 11) is 0. The van der Waals surface area contributed by atoms with Crippen molar-refractivity contribution in [3.05, 3.63) is 0 Å². The molecule has 0 aliphatic carbocycles. The number of primary amides is 1. The SMILES string of the molecule is CC(C)(C)OC(=O)N(C(N)=O)S(=O)[O-]. The lowest BCUT2D eigenvalue weighted by molar-refractivity contribution is 0.0436. The molecule has 0 radical (unpaired) electrons.